The number of amides is 1. The van der Waals surface area contributed by atoms with Crippen LogP contribution in [-0.2, 0) is 10.9 Å². The maximum absolute atomic E-state index is 12.8. The molecule has 0 aliphatic rings. The molecule has 1 aromatic carbocycles. The number of ether oxygens (including phenoxy) is 1. The zero-order chi connectivity index (χ0) is 20.2. The summed E-state index contributed by atoms with van der Waals surface area (Å²) in [6.07, 6.45) is -7.15. The molecule has 0 radical (unpaired) electrons. The monoisotopic (exact) mass is 408 g/mol. The molecule has 4 nitrogen and oxygen atoms in total. The Bertz CT molecular complexity index is 775. The summed E-state index contributed by atoms with van der Waals surface area (Å²) in [6.45, 7) is 0.901. The van der Waals surface area contributed by atoms with Crippen LogP contribution in [0.25, 0.3) is 10.6 Å². The minimum atomic E-state index is -4.45. The number of thiazole rings is 1. The van der Waals surface area contributed by atoms with Crippen molar-refractivity contribution in [3.05, 3.63) is 40.4 Å². The van der Waals surface area contributed by atoms with Gasteiger partial charge in [-0.25, -0.2) is 13.8 Å². The van der Waals surface area contributed by atoms with Gasteiger partial charge in [-0.1, -0.05) is 12.1 Å². The van der Waals surface area contributed by atoms with E-state index in [0.717, 1.165) is 28.4 Å². The van der Waals surface area contributed by atoms with Crippen LogP contribution in [0.2, 0.25) is 0 Å². The predicted molar refractivity (Wildman–Crippen MR) is 91.1 cm³/mol. The van der Waals surface area contributed by atoms with E-state index in [-0.39, 0.29) is 18.0 Å². The van der Waals surface area contributed by atoms with Crippen LogP contribution in [0.5, 0.6) is 0 Å². The highest BCUT2D eigenvalue weighted by Crippen LogP contribution is 2.33. The molecule has 1 amide bonds. The number of alkyl halides is 5. The van der Waals surface area contributed by atoms with E-state index in [9.17, 15) is 26.7 Å². The molecular formula is C17H17F5N2O2S. The molecule has 0 saturated carbocycles. The number of benzene rings is 1. The van der Waals surface area contributed by atoms with E-state index in [2.05, 4.69) is 4.98 Å². The van der Waals surface area contributed by atoms with Crippen molar-refractivity contribution in [2.75, 3.05) is 26.8 Å². The second-order valence-electron chi connectivity index (χ2n) is 5.64. The van der Waals surface area contributed by atoms with Crippen molar-refractivity contribution in [2.45, 2.75) is 19.5 Å². The Kier molecular flexibility index (Phi) is 6.88. The van der Waals surface area contributed by atoms with Crippen LogP contribution >= 0.6 is 11.3 Å². The molecule has 0 spiro atoms. The van der Waals surface area contributed by atoms with E-state index in [0.29, 0.717) is 16.3 Å². The van der Waals surface area contributed by atoms with Crippen molar-refractivity contribution in [1.82, 2.24) is 9.88 Å². The summed E-state index contributed by atoms with van der Waals surface area (Å²) in [7, 11) is 1.39. The van der Waals surface area contributed by atoms with Crippen LogP contribution in [0.4, 0.5) is 22.0 Å². The molecule has 0 aliphatic carbocycles. The van der Waals surface area contributed by atoms with Gasteiger partial charge in [-0.15, -0.1) is 11.3 Å². The SMILES string of the molecule is COCCN(CC(F)F)C(=O)c1sc(-c2ccc(C(F)(F)F)cc2)nc1C. The van der Waals surface area contributed by atoms with Gasteiger partial charge in [0.2, 0.25) is 0 Å². The molecule has 0 fully saturated rings. The minimum absolute atomic E-state index is 0.00732. The Morgan fingerprint density at radius 2 is 1.89 bits per heavy atom. The Labute approximate surface area is 156 Å². The molecule has 10 heteroatoms. The highest BCUT2D eigenvalue weighted by molar-refractivity contribution is 7.17. The number of rotatable bonds is 7. The minimum Gasteiger partial charge on any atom is -0.383 e. The number of aromatic nitrogens is 1. The summed E-state index contributed by atoms with van der Waals surface area (Å²) in [5.41, 5.74) is -0.0532. The average molecular weight is 408 g/mol. The summed E-state index contributed by atoms with van der Waals surface area (Å²) >= 11 is 0.954. The number of halogens is 5. The Hall–Kier alpha value is -2.07. The lowest BCUT2D eigenvalue weighted by atomic mass is 10.1. The van der Waals surface area contributed by atoms with Crippen LogP contribution in [0, 0.1) is 6.92 Å². The van der Waals surface area contributed by atoms with Gasteiger partial charge in [-0.2, -0.15) is 13.2 Å². The van der Waals surface area contributed by atoms with Crippen LogP contribution < -0.4 is 0 Å². The third kappa shape index (κ3) is 5.46. The predicted octanol–water partition coefficient (Wildman–Crippen LogP) is 4.49. The molecule has 27 heavy (non-hydrogen) atoms. The van der Waals surface area contributed by atoms with Crippen LogP contribution in [0.3, 0.4) is 0 Å². The zero-order valence-electron chi connectivity index (χ0n) is 14.5. The van der Waals surface area contributed by atoms with Gasteiger partial charge >= 0.3 is 6.18 Å². The largest absolute Gasteiger partial charge is 0.416 e. The second kappa shape index (κ2) is 8.75. The van der Waals surface area contributed by atoms with Crippen LogP contribution in [-0.4, -0.2) is 49.0 Å². The molecule has 0 aliphatic heterocycles. The first-order chi connectivity index (χ1) is 12.6. The molecule has 0 unspecified atom stereocenters. The van der Waals surface area contributed by atoms with Gasteiger partial charge in [0.25, 0.3) is 12.3 Å². The first kappa shape index (κ1) is 21.2. The molecule has 0 saturated heterocycles. The molecule has 1 aromatic heterocycles. The van der Waals surface area contributed by atoms with Crippen molar-refractivity contribution in [2.24, 2.45) is 0 Å². The highest BCUT2D eigenvalue weighted by atomic mass is 32.1. The summed E-state index contributed by atoms with van der Waals surface area (Å²) in [4.78, 5) is 17.9. The second-order valence-corrected chi connectivity index (χ2v) is 6.64. The lowest BCUT2D eigenvalue weighted by Gasteiger charge is -2.21. The number of aryl methyl sites for hydroxylation is 1. The number of hydrogen-bond donors (Lipinski definition) is 0. The van der Waals surface area contributed by atoms with Crippen molar-refractivity contribution in [3.8, 4) is 10.6 Å². The van der Waals surface area contributed by atoms with Crippen molar-refractivity contribution < 1.29 is 31.5 Å². The summed E-state index contributed by atoms with van der Waals surface area (Å²) < 4.78 is 68.3. The molecule has 0 atom stereocenters. The number of methoxy groups -OCH3 is 1. The summed E-state index contributed by atoms with van der Waals surface area (Å²) in [5.74, 6) is -0.611. The molecule has 2 aromatic rings. The molecule has 0 bridgehead atoms. The van der Waals surface area contributed by atoms with E-state index in [1.807, 2.05) is 0 Å². The van der Waals surface area contributed by atoms with E-state index < -0.39 is 30.6 Å². The molecule has 2 rings (SSSR count). The zero-order valence-corrected chi connectivity index (χ0v) is 15.3. The number of carbonyl (C=O) groups is 1. The fourth-order valence-electron chi connectivity index (χ4n) is 2.31. The lowest BCUT2D eigenvalue weighted by Crippen LogP contribution is -2.37. The maximum atomic E-state index is 12.8. The van der Waals surface area contributed by atoms with Gasteiger partial charge in [0.15, 0.2) is 0 Å². The topological polar surface area (TPSA) is 42.4 Å². The lowest BCUT2D eigenvalue weighted by molar-refractivity contribution is -0.137. The van der Waals surface area contributed by atoms with Crippen LogP contribution in [0.1, 0.15) is 20.9 Å². The van der Waals surface area contributed by atoms with E-state index in [1.165, 1.54) is 19.2 Å². The van der Waals surface area contributed by atoms with E-state index in [1.54, 1.807) is 6.92 Å². The summed E-state index contributed by atoms with van der Waals surface area (Å²) in [5, 5.41) is 0.341. The van der Waals surface area contributed by atoms with Gasteiger partial charge < -0.3 is 9.64 Å². The Balaban J connectivity index is 2.27. The van der Waals surface area contributed by atoms with Crippen molar-refractivity contribution in [1.29, 1.82) is 0 Å². The van der Waals surface area contributed by atoms with Gasteiger partial charge in [-0.3, -0.25) is 4.79 Å². The fourth-order valence-corrected chi connectivity index (χ4v) is 3.35. The Morgan fingerprint density at radius 3 is 2.41 bits per heavy atom. The number of nitrogens with zero attached hydrogens (tertiary/aromatic N) is 2. The van der Waals surface area contributed by atoms with Gasteiger partial charge in [0.1, 0.15) is 9.88 Å². The highest BCUT2D eigenvalue weighted by Gasteiger charge is 2.30. The third-order valence-electron chi connectivity index (χ3n) is 3.66. The molecule has 1 heterocycles. The molecule has 148 valence electrons. The summed E-state index contributed by atoms with van der Waals surface area (Å²) in [6, 6.07) is 4.37. The van der Waals surface area contributed by atoms with Crippen molar-refractivity contribution >= 4 is 17.2 Å². The first-order valence-electron chi connectivity index (χ1n) is 7.85. The quantitative estimate of drug-likeness (QED) is 0.634. The van der Waals surface area contributed by atoms with Crippen molar-refractivity contribution in [3.63, 3.8) is 0 Å². The fraction of sp³-hybridized carbons (Fsp3) is 0.412. The molecule has 0 N–H and O–H groups in total. The Morgan fingerprint density at radius 1 is 1.26 bits per heavy atom. The van der Waals surface area contributed by atoms with Gasteiger partial charge in [0.05, 0.1) is 24.4 Å². The first-order valence-corrected chi connectivity index (χ1v) is 8.66. The van der Waals surface area contributed by atoms with E-state index >= 15 is 0 Å². The average Bonchev–Trinajstić information content (AvgIpc) is 2.99. The smallest absolute Gasteiger partial charge is 0.383 e. The number of hydrogen-bond acceptors (Lipinski definition) is 4. The maximum Gasteiger partial charge on any atom is 0.416 e. The van der Waals surface area contributed by atoms with Crippen LogP contribution in [0.15, 0.2) is 24.3 Å². The normalized spacial score (nSPS) is 11.9. The standard InChI is InChI=1S/C17H17F5N2O2S/c1-10-14(16(25)24(7-8-26-2)9-13(18)19)27-15(23-10)11-3-5-12(6-4-11)17(20,21)22/h3-6,13H,7-9H2,1-2H3. The van der Waals surface area contributed by atoms with Gasteiger partial charge in [0, 0.05) is 19.2 Å². The molecular weight excluding hydrogens is 391 g/mol. The number of carbonyl (C=O) groups excluding carboxylic acids is 1. The van der Waals surface area contributed by atoms with Gasteiger partial charge in [-0.05, 0) is 19.1 Å². The third-order valence-corrected chi connectivity index (χ3v) is 4.86. The van der Waals surface area contributed by atoms with E-state index in [4.69, 9.17) is 4.74 Å².